The molecular formula is C54H102O6. The average Bonchev–Trinajstić information content (AvgIpc) is 3.24. The fourth-order valence-corrected chi connectivity index (χ4v) is 7.98. The van der Waals surface area contributed by atoms with Crippen LogP contribution in [-0.4, -0.2) is 37.2 Å². The first-order chi connectivity index (χ1) is 29.5. The van der Waals surface area contributed by atoms with E-state index < -0.39 is 6.10 Å². The van der Waals surface area contributed by atoms with Crippen LogP contribution < -0.4 is 0 Å². The zero-order valence-electron chi connectivity index (χ0n) is 40.5. The molecule has 1 atom stereocenters. The third-order valence-electron chi connectivity index (χ3n) is 12.0. The van der Waals surface area contributed by atoms with E-state index in [1.807, 2.05) is 0 Å². The molecule has 0 fully saturated rings. The highest BCUT2D eigenvalue weighted by atomic mass is 16.6. The lowest BCUT2D eigenvalue weighted by molar-refractivity contribution is -0.167. The third kappa shape index (κ3) is 47.2. The first kappa shape index (κ1) is 58.1. The van der Waals surface area contributed by atoms with E-state index in [4.69, 9.17) is 14.2 Å². The van der Waals surface area contributed by atoms with Crippen LogP contribution in [0.4, 0.5) is 0 Å². The van der Waals surface area contributed by atoms with Crippen molar-refractivity contribution in [3.05, 3.63) is 12.2 Å². The van der Waals surface area contributed by atoms with Crippen LogP contribution in [0.5, 0.6) is 0 Å². The zero-order chi connectivity index (χ0) is 43.7. The number of allylic oxidation sites excluding steroid dienone is 2. The number of hydrogen-bond acceptors (Lipinski definition) is 6. The van der Waals surface area contributed by atoms with E-state index in [0.29, 0.717) is 19.3 Å². The molecule has 0 spiro atoms. The molecule has 0 aliphatic heterocycles. The van der Waals surface area contributed by atoms with Gasteiger partial charge in [-0.15, -0.1) is 0 Å². The van der Waals surface area contributed by atoms with E-state index in [1.54, 1.807) is 0 Å². The molecule has 0 amide bonds. The molecule has 0 N–H and O–H groups in total. The van der Waals surface area contributed by atoms with Gasteiger partial charge >= 0.3 is 17.9 Å². The van der Waals surface area contributed by atoms with Gasteiger partial charge in [-0.1, -0.05) is 251 Å². The monoisotopic (exact) mass is 847 g/mol. The number of esters is 3. The van der Waals surface area contributed by atoms with Gasteiger partial charge in [0.2, 0.25) is 0 Å². The molecule has 0 aromatic rings. The molecule has 0 bridgehead atoms. The summed E-state index contributed by atoms with van der Waals surface area (Å²) >= 11 is 0. The molecule has 354 valence electrons. The Labute approximate surface area is 373 Å². The molecule has 0 saturated heterocycles. The standard InChI is InChI=1S/C54H102O6/c1-4-7-10-13-16-19-22-24-26-27-29-30-32-35-38-41-44-47-53(56)59-50-51(49-58-52(55)46-43-40-37-34-21-18-15-12-9-6-3)60-54(57)48-45-42-39-36-33-31-28-25-23-20-17-14-11-8-5-2/h12,15,51H,4-11,13-14,16-50H2,1-3H3/b15-12-. The number of ether oxygens (including phenoxy) is 3. The van der Waals surface area contributed by atoms with Crippen molar-refractivity contribution in [1.29, 1.82) is 0 Å². The lowest BCUT2D eigenvalue weighted by Gasteiger charge is -2.18. The summed E-state index contributed by atoms with van der Waals surface area (Å²) in [5.41, 5.74) is 0. The second-order valence-electron chi connectivity index (χ2n) is 18.2. The van der Waals surface area contributed by atoms with Crippen molar-refractivity contribution in [3.8, 4) is 0 Å². The summed E-state index contributed by atoms with van der Waals surface area (Å²) in [5.74, 6) is -0.859. The maximum absolute atomic E-state index is 12.8. The topological polar surface area (TPSA) is 78.9 Å². The quantitative estimate of drug-likeness (QED) is 0.0263. The van der Waals surface area contributed by atoms with Crippen LogP contribution in [0.15, 0.2) is 12.2 Å². The summed E-state index contributed by atoms with van der Waals surface area (Å²) in [6.07, 6.45) is 54.9. The predicted octanol–water partition coefficient (Wildman–Crippen LogP) is 17.4. The molecular weight excluding hydrogens is 745 g/mol. The lowest BCUT2D eigenvalue weighted by Crippen LogP contribution is -2.30. The first-order valence-corrected chi connectivity index (χ1v) is 26.7. The molecule has 0 aromatic carbocycles. The van der Waals surface area contributed by atoms with Gasteiger partial charge in [0.15, 0.2) is 6.10 Å². The van der Waals surface area contributed by atoms with Crippen molar-refractivity contribution in [2.45, 2.75) is 303 Å². The molecule has 0 aliphatic rings. The van der Waals surface area contributed by atoms with Gasteiger partial charge in [0, 0.05) is 19.3 Å². The van der Waals surface area contributed by atoms with Crippen molar-refractivity contribution in [3.63, 3.8) is 0 Å². The van der Waals surface area contributed by atoms with Crippen LogP contribution in [0.3, 0.4) is 0 Å². The second kappa shape index (κ2) is 49.8. The minimum absolute atomic E-state index is 0.0671. The van der Waals surface area contributed by atoms with E-state index in [2.05, 4.69) is 32.9 Å². The molecule has 6 nitrogen and oxygen atoms in total. The molecule has 0 rings (SSSR count). The molecule has 0 radical (unpaired) electrons. The van der Waals surface area contributed by atoms with Crippen LogP contribution in [0.25, 0.3) is 0 Å². The van der Waals surface area contributed by atoms with E-state index in [1.165, 1.54) is 186 Å². The summed E-state index contributed by atoms with van der Waals surface area (Å²) < 4.78 is 16.8. The van der Waals surface area contributed by atoms with Gasteiger partial charge in [-0.3, -0.25) is 14.4 Å². The Bertz CT molecular complexity index is 931. The summed E-state index contributed by atoms with van der Waals surface area (Å²) in [5, 5.41) is 0. The van der Waals surface area contributed by atoms with E-state index in [9.17, 15) is 14.4 Å². The van der Waals surface area contributed by atoms with Gasteiger partial charge in [-0.2, -0.15) is 0 Å². The van der Waals surface area contributed by atoms with Gasteiger partial charge in [0.05, 0.1) is 0 Å². The second-order valence-corrected chi connectivity index (χ2v) is 18.2. The molecule has 60 heavy (non-hydrogen) atoms. The lowest BCUT2D eigenvalue weighted by atomic mass is 10.0. The highest BCUT2D eigenvalue weighted by Gasteiger charge is 2.19. The van der Waals surface area contributed by atoms with E-state index in [0.717, 1.165) is 70.6 Å². The molecule has 0 saturated carbocycles. The highest BCUT2D eigenvalue weighted by molar-refractivity contribution is 5.71. The number of carbonyl (C=O) groups excluding carboxylic acids is 3. The Balaban J connectivity index is 4.27. The predicted molar refractivity (Wildman–Crippen MR) is 256 cm³/mol. The van der Waals surface area contributed by atoms with Crippen LogP contribution in [0, 0.1) is 0 Å². The largest absolute Gasteiger partial charge is 0.462 e. The number of carbonyl (C=O) groups is 3. The maximum Gasteiger partial charge on any atom is 0.306 e. The summed E-state index contributed by atoms with van der Waals surface area (Å²) in [4.78, 5) is 37.9. The van der Waals surface area contributed by atoms with Gasteiger partial charge < -0.3 is 14.2 Å². The average molecular weight is 847 g/mol. The first-order valence-electron chi connectivity index (χ1n) is 26.7. The van der Waals surface area contributed by atoms with E-state index in [-0.39, 0.29) is 31.1 Å². The van der Waals surface area contributed by atoms with Crippen LogP contribution in [0.1, 0.15) is 297 Å². The van der Waals surface area contributed by atoms with Crippen LogP contribution in [-0.2, 0) is 28.6 Å². The highest BCUT2D eigenvalue weighted by Crippen LogP contribution is 2.17. The molecule has 0 aliphatic carbocycles. The van der Waals surface area contributed by atoms with Crippen molar-refractivity contribution in [2.24, 2.45) is 0 Å². The van der Waals surface area contributed by atoms with Crippen molar-refractivity contribution < 1.29 is 28.6 Å². The molecule has 1 unspecified atom stereocenters. The number of unbranched alkanes of at least 4 members (excludes halogenated alkanes) is 36. The summed E-state index contributed by atoms with van der Waals surface area (Å²) in [7, 11) is 0. The van der Waals surface area contributed by atoms with Gasteiger partial charge in [-0.05, 0) is 38.5 Å². The van der Waals surface area contributed by atoms with Crippen LogP contribution in [0.2, 0.25) is 0 Å². The Morgan fingerprint density at radius 3 is 0.900 bits per heavy atom. The minimum Gasteiger partial charge on any atom is -0.462 e. The summed E-state index contributed by atoms with van der Waals surface area (Å²) in [6.45, 7) is 6.61. The number of rotatable bonds is 49. The van der Waals surface area contributed by atoms with Crippen molar-refractivity contribution in [1.82, 2.24) is 0 Å². The maximum atomic E-state index is 12.8. The smallest absolute Gasteiger partial charge is 0.306 e. The van der Waals surface area contributed by atoms with Gasteiger partial charge in [0.1, 0.15) is 13.2 Å². The Morgan fingerprint density at radius 1 is 0.317 bits per heavy atom. The van der Waals surface area contributed by atoms with Crippen molar-refractivity contribution in [2.75, 3.05) is 13.2 Å². The van der Waals surface area contributed by atoms with Gasteiger partial charge in [0.25, 0.3) is 0 Å². The number of hydrogen-bond donors (Lipinski definition) is 0. The van der Waals surface area contributed by atoms with Crippen molar-refractivity contribution >= 4 is 17.9 Å². The van der Waals surface area contributed by atoms with E-state index >= 15 is 0 Å². The summed E-state index contributed by atoms with van der Waals surface area (Å²) in [6, 6.07) is 0. The molecule has 0 heterocycles. The Kier molecular flexibility index (Phi) is 48.3. The SMILES string of the molecule is CCC/C=C\CCCCCCCC(=O)OCC(COC(=O)CCCCCCCCCCCCCCCCCCC)OC(=O)CCCCCCCCCCCCCCCCC. The Hall–Kier alpha value is -1.85. The fourth-order valence-electron chi connectivity index (χ4n) is 7.98. The third-order valence-corrected chi connectivity index (χ3v) is 12.0. The van der Waals surface area contributed by atoms with Crippen LogP contribution >= 0.6 is 0 Å². The fraction of sp³-hybridized carbons (Fsp3) is 0.907. The normalized spacial score (nSPS) is 12.0. The zero-order valence-corrected chi connectivity index (χ0v) is 40.5. The Morgan fingerprint density at radius 2 is 0.583 bits per heavy atom. The minimum atomic E-state index is -0.766. The van der Waals surface area contributed by atoms with Gasteiger partial charge in [-0.25, -0.2) is 0 Å². The molecule has 6 heteroatoms. The molecule has 0 aromatic heterocycles.